The highest BCUT2D eigenvalue weighted by Crippen LogP contribution is 2.37. The number of fused-ring (bicyclic) bond motifs is 1. The molecule has 1 N–H and O–H groups in total. The van der Waals surface area contributed by atoms with E-state index in [1.54, 1.807) is 18.3 Å². The number of pyridine rings is 1. The fourth-order valence-electron chi connectivity index (χ4n) is 2.70. The van der Waals surface area contributed by atoms with E-state index in [0.717, 1.165) is 15.8 Å². The zero-order valence-electron chi connectivity index (χ0n) is 14.5. The minimum atomic E-state index is -0.238. The molecule has 4 rings (SSSR count). The minimum absolute atomic E-state index is 0.238. The van der Waals surface area contributed by atoms with Gasteiger partial charge in [-0.3, -0.25) is 4.79 Å². The van der Waals surface area contributed by atoms with Gasteiger partial charge >= 0.3 is 0 Å². The Kier molecular flexibility index (Phi) is 5.48. The van der Waals surface area contributed by atoms with Crippen LogP contribution < -0.4 is 10.1 Å². The molecule has 7 heteroatoms. The van der Waals surface area contributed by atoms with Crippen molar-refractivity contribution in [2.75, 3.05) is 5.32 Å². The van der Waals surface area contributed by atoms with Gasteiger partial charge in [-0.1, -0.05) is 47.5 Å². The molecule has 0 spiro atoms. The monoisotopic (exact) mass is 428 g/mol. The van der Waals surface area contributed by atoms with E-state index in [-0.39, 0.29) is 12.5 Å². The molecule has 1 amide bonds. The van der Waals surface area contributed by atoms with Gasteiger partial charge in [0.25, 0.3) is 5.91 Å². The summed E-state index contributed by atoms with van der Waals surface area (Å²) in [6.07, 6.45) is 1.69. The lowest BCUT2D eigenvalue weighted by atomic mass is 10.2. The number of rotatable bonds is 5. The predicted molar refractivity (Wildman–Crippen MR) is 115 cm³/mol. The maximum atomic E-state index is 12.9. The minimum Gasteiger partial charge on any atom is -0.486 e. The lowest BCUT2D eigenvalue weighted by Crippen LogP contribution is -2.11. The number of benzene rings is 2. The third-order valence-electron chi connectivity index (χ3n) is 4.03. The molecule has 0 aliphatic carbocycles. The lowest BCUT2D eigenvalue weighted by molar-refractivity contribution is 0.102. The SMILES string of the molecule is O=C(Nc1ccccc1)c1sc2ncccc2c1OCc1ccc(Cl)c(Cl)c1. The van der Waals surface area contributed by atoms with Crippen LogP contribution in [0.5, 0.6) is 5.75 Å². The van der Waals surface area contributed by atoms with Gasteiger partial charge in [0, 0.05) is 11.9 Å². The van der Waals surface area contributed by atoms with E-state index < -0.39 is 0 Å². The smallest absolute Gasteiger partial charge is 0.269 e. The molecule has 0 aliphatic heterocycles. The summed E-state index contributed by atoms with van der Waals surface area (Å²) in [5.74, 6) is 0.269. The number of thiophene rings is 1. The Hall–Kier alpha value is -2.60. The number of amides is 1. The second-order valence-electron chi connectivity index (χ2n) is 5.97. The van der Waals surface area contributed by atoms with Crippen LogP contribution in [0, 0.1) is 0 Å². The van der Waals surface area contributed by atoms with Gasteiger partial charge in [-0.15, -0.1) is 11.3 Å². The second kappa shape index (κ2) is 8.19. The Morgan fingerprint density at radius 3 is 2.64 bits per heavy atom. The first kappa shape index (κ1) is 18.7. The largest absolute Gasteiger partial charge is 0.486 e. The van der Waals surface area contributed by atoms with Gasteiger partial charge in [0.05, 0.1) is 15.4 Å². The first-order valence-corrected chi connectivity index (χ1v) is 9.99. The van der Waals surface area contributed by atoms with Gasteiger partial charge in [0.15, 0.2) is 5.75 Å². The lowest BCUT2D eigenvalue weighted by Gasteiger charge is -2.09. The number of carbonyl (C=O) groups excluding carboxylic acids is 1. The van der Waals surface area contributed by atoms with Crippen LogP contribution in [0.1, 0.15) is 15.2 Å². The van der Waals surface area contributed by atoms with Crippen molar-refractivity contribution in [3.63, 3.8) is 0 Å². The van der Waals surface area contributed by atoms with Crippen LogP contribution in [0.3, 0.4) is 0 Å². The van der Waals surface area contributed by atoms with Gasteiger partial charge in [0.2, 0.25) is 0 Å². The Morgan fingerprint density at radius 2 is 1.86 bits per heavy atom. The molecule has 2 aromatic heterocycles. The number of carbonyl (C=O) groups is 1. The fourth-order valence-corrected chi connectivity index (χ4v) is 4.00. The van der Waals surface area contributed by atoms with Gasteiger partial charge in [0.1, 0.15) is 16.3 Å². The average molecular weight is 429 g/mol. The van der Waals surface area contributed by atoms with Crippen LogP contribution in [-0.4, -0.2) is 10.9 Å². The normalized spacial score (nSPS) is 10.8. The van der Waals surface area contributed by atoms with E-state index in [2.05, 4.69) is 10.3 Å². The molecular formula is C21H14Cl2N2O2S. The molecule has 0 unspecified atom stereocenters. The number of anilines is 1. The molecule has 140 valence electrons. The van der Waals surface area contributed by atoms with Crippen molar-refractivity contribution in [3.8, 4) is 5.75 Å². The number of hydrogen-bond acceptors (Lipinski definition) is 4. The van der Waals surface area contributed by atoms with Crippen molar-refractivity contribution in [2.45, 2.75) is 6.61 Å². The quantitative estimate of drug-likeness (QED) is 0.398. The molecule has 2 aromatic carbocycles. The summed E-state index contributed by atoms with van der Waals surface area (Å²) in [5.41, 5.74) is 1.57. The maximum absolute atomic E-state index is 12.9. The van der Waals surface area contributed by atoms with E-state index in [0.29, 0.717) is 26.4 Å². The van der Waals surface area contributed by atoms with Crippen LogP contribution in [0.2, 0.25) is 10.0 Å². The van der Waals surface area contributed by atoms with E-state index in [1.807, 2.05) is 48.5 Å². The van der Waals surface area contributed by atoms with Gasteiger partial charge < -0.3 is 10.1 Å². The number of nitrogens with zero attached hydrogens (tertiary/aromatic N) is 1. The number of para-hydroxylation sites is 1. The van der Waals surface area contributed by atoms with Crippen molar-refractivity contribution < 1.29 is 9.53 Å². The van der Waals surface area contributed by atoms with Crippen LogP contribution >= 0.6 is 34.5 Å². The molecule has 4 aromatic rings. The first-order valence-electron chi connectivity index (χ1n) is 8.42. The summed E-state index contributed by atoms with van der Waals surface area (Å²) in [6.45, 7) is 0.253. The number of nitrogens with one attached hydrogen (secondary N) is 1. The Balaban J connectivity index is 1.65. The summed E-state index contributed by atoms with van der Waals surface area (Å²) in [4.78, 5) is 18.4. The van der Waals surface area contributed by atoms with Gasteiger partial charge in [-0.05, 0) is 42.0 Å². The maximum Gasteiger partial charge on any atom is 0.269 e. The van der Waals surface area contributed by atoms with Crippen molar-refractivity contribution in [3.05, 3.63) is 87.3 Å². The molecule has 2 heterocycles. The summed E-state index contributed by atoms with van der Waals surface area (Å²) in [6, 6.07) is 18.3. The molecule has 0 saturated carbocycles. The average Bonchev–Trinajstić information content (AvgIpc) is 3.08. The van der Waals surface area contributed by atoms with Crippen LogP contribution in [0.25, 0.3) is 10.2 Å². The van der Waals surface area contributed by atoms with E-state index in [1.165, 1.54) is 11.3 Å². The molecule has 4 nitrogen and oxygen atoms in total. The standard InChI is InChI=1S/C21H14Cl2N2O2S/c22-16-9-8-13(11-17(16)23)12-27-18-15-7-4-10-24-21(15)28-19(18)20(26)25-14-5-2-1-3-6-14/h1-11H,12H2,(H,25,26). The molecule has 0 atom stereocenters. The van der Waals surface area contributed by atoms with Crippen LogP contribution in [0.4, 0.5) is 5.69 Å². The number of halogens is 2. The highest BCUT2D eigenvalue weighted by Gasteiger charge is 2.21. The Labute approximate surface area is 175 Å². The zero-order chi connectivity index (χ0) is 19.5. The van der Waals surface area contributed by atoms with Gasteiger partial charge in [-0.2, -0.15) is 0 Å². The summed E-state index contributed by atoms with van der Waals surface area (Å²) in [7, 11) is 0. The zero-order valence-corrected chi connectivity index (χ0v) is 16.8. The summed E-state index contributed by atoms with van der Waals surface area (Å²) < 4.78 is 6.04. The number of hydrogen-bond donors (Lipinski definition) is 1. The molecule has 28 heavy (non-hydrogen) atoms. The van der Waals surface area contributed by atoms with Crippen LogP contribution in [0.15, 0.2) is 66.9 Å². The van der Waals surface area contributed by atoms with E-state index >= 15 is 0 Å². The summed E-state index contributed by atoms with van der Waals surface area (Å²) >= 11 is 13.3. The first-order chi connectivity index (χ1) is 13.6. The Bertz CT molecular complexity index is 1150. The third kappa shape index (κ3) is 3.97. The molecular weight excluding hydrogens is 415 g/mol. The Morgan fingerprint density at radius 1 is 1.04 bits per heavy atom. The summed E-state index contributed by atoms with van der Waals surface area (Å²) in [5, 5.41) is 4.64. The van der Waals surface area contributed by atoms with Crippen molar-refractivity contribution >= 4 is 56.3 Å². The predicted octanol–water partition coefficient (Wildman–Crippen LogP) is 6.43. The van der Waals surface area contributed by atoms with E-state index in [9.17, 15) is 4.79 Å². The van der Waals surface area contributed by atoms with Gasteiger partial charge in [-0.25, -0.2) is 4.98 Å². The highest BCUT2D eigenvalue weighted by molar-refractivity contribution is 7.21. The molecule has 0 bridgehead atoms. The molecule has 0 saturated heterocycles. The molecule has 0 radical (unpaired) electrons. The topological polar surface area (TPSA) is 51.2 Å². The number of aromatic nitrogens is 1. The fraction of sp³-hybridized carbons (Fsp3) is 0.0476. The molecule has 0 aliphatic rings. The third-order valence-corrected chi connectivity index (χ3v) is 5.86. The number of ether oxygens (including phenoxy) is 1. The highest BCUT2D eigenvalue weighted by atomic mass is 35.5. The van der Waals surface area contributed by atoms with Crippen LogP contribution in [-0.2, 0) is 6.61 Å². The van der Waals surface area contributed by atoms with Crippen molar-refractivity contribution in [1.82, 2.24) is 4.98 Å². The van der Waals surface area contributed by atoms with Crippen molar-refractivity contribution in [1.29, 1.82) is 0 Å². The molecule has 0 fully saturated rings. The van der Waals surface area contributed by atoms with E-state index in [4.69, 9.17) is 27.9 Å². The van der Waals surface area contributed by atoms with Crippen molar-refractivity contribution in [2.24, 2.45) is 0 Å². The second-order valence-corrected chi connectivity index (χ2v) is 7.79.